The molecule has 0 aliphatic heterocycles. The second-order valence-corrected chi connectivity index (χ2v) is 6.01. The first-order chi connectivity index (χ1) is 14.0. The molecule has 2 aromatic carbocycles. The predicted octanol–water partition coefficient (Wildman–Crippen LogP) is 3.33. The van der Waals surface area contributed by atoms with Crippen molar-refractivity contribution < 1.29 is 28.4 Å². The Hall–Kier alpha value is -3.75. The largest absolute Gasteiger partial charge is 0.496 e. The van der Waals surface area contributed by atoms with Crippen molar-refractivity contribution in [3.8, 4) is 34.3 Å². The molecule has 0 bridgehead atoms. The Balaban J connectivity index is 1.91. The number of ether oxygens (including phenoxy) is 4. The first-order valence-electron chi connectivity index (χ1n) is 8.61. The normalized spacial score (nSPS) is 10.4. The topological polar surface area (TPSA) is 105 Å². The number of carbonyl (C=O) groups excluding carboxylic acids is 1. The Morgan fingerprint density at radius 1 is 0.897 bits per heavy atom. The minimum Gasteiger partial charge on any atom is -0.496 e. The molecule has 0 fully saturated rings. The summed E-state index contributed by atoms with van der Waals surface area (Å²) in [6, 6.07) is 8.57. The number of rotatable bonds is 7. The van der Waals surface area contributed by atoms with Gasteiger partial charge in [-0.1, -0.05) is 0 Å². The van der Waals surface area contributed by atoms with Gasteiger partial charge < -0.3 is 24.3 Å². The van der Waals surface area contributed by atoms with Crippen molar-refractivity contribution in [1.82, 2.24) is 10.3 Å². The van der Waals surface area contributed by atoms with Crippen molar-refractivity contribution in [3.63, 3.8) is 0 Å². The van der Waals surface area contributed by atoms with Crippen LogP contribution in [0.15, 0.2) is 35.0 Å². The molecule has 3 aromatic rings. The smallest absolute Gasteiger partial charge is 0.257 e. The number of carbonyl (C=O) groups is 1. The molecular formula is C20H21N3O6. The lowest BCUT2D eigenvalue weighted by Crippen LogP contribution is -2.13. The van der Waals surface area contributed by atoms with Crippen LogP contribution in [-0.2, 0) is 0 Å². The first kappa shape index (κ1) is 20.0. The van der Waals surface area contributed by atoms with Crippen LogP contribution in [0.3, 0.4) is 0 Å². The SMILES string of the molecule is COc1ccc(-c2nonc2NC(=O)c2cc(OC)c(OC)c(OC)c2)cc1C. The summed E-state index contributed by atoms with van der Waals surface area (Å²) >= 11 is 0. The van der Waals surface area contributed by atoms with Crippen molar-refractivity contribution in [2.75, 3.05) is 33.8 Å². The highest BCUT2D eigenvalue weighted by molar-refractivity contribution is 6.06. The number of hydrogen-bond donors (Lipinski definition) is 1. The van der Waals surface area contributed by atoms with E-state index in [0.29, 0.717) is 28.5 Å². The van der Waals surface area contributed by atoms with E-state index >= 15 is 0 Å². The lowest BCUT2D eigenvalue weighted by atomic mass is 10.1. The fraction of sp³-hybridized carbons (Fsp3) is 0.250. The van der Waals surface area contributed by atoms with E-state index in [0.717, 1.165) is 16.9 Å². The first-order valence-corrected chi connectivity index (χ1v) is 8.61. The number of nitrogens with one attached hydrogen (secondary N) is 1. The molecule has 0 aliphatic rings. The maximum atomic E-state index is 12.8. The third-order valence-electron chi connectivity index (χ3n) is 4.32. The molecule has 1 amide bonds. The van der Waals surface area contributed by atoms with Crippen LogP contribution in [0.1, 0.15) is 15.9 Å². The molecule has 9 nitrogen and oxygen atoms in total. The third kappa shape index (κ3) is 3.93. The van der Waals surface area contributed by atoms with Gasteiger partial charge in [-0.05, 0) is 53.1 Å². The molecule has 0 saturated carbocycles. The van der Waals surface area contributed by atoms with Crippen molar-refractivity contribution in [3.05, 3.63) is 41.5 Å². The van der Waals surface area contributed by atoms with Gasteiger partial charge in [-0.25, -0.2) is 4.63 Å². The Morgan fingerprint density at radius 2 is 1.55 bits per heavy atom. The van der Waals surface area contributed by atoms with Gasteiger partial charge in [-0.3, -0.25) is 4.79 Å². The fourth-order valence-electron chi connectivity index (χ4n) is 2.88. The summed E-state index contributed by atoms with van der Waals surface area (Å²) < 4.78 is 26.0. The minimum atomic E-state index is -0.438. The molecule has 0 aliphatic carbocycles. The van der Waals surface area contributed by atoms with Crippen LogP contribution in [0.5, 0.6) is 23.0 Å². The molecule has 1 aromatic heterocycles. The highest BCUT2D eigenvalue weighted by Gasteiger charge is 2.20. The van der Waals surface area contributed by atoms with E-state index in [2.05, 4.69) is 15.6 Å². The lowest BCUT2D eigenvalue weighted by molar-refractivity contribution is 0.102. The van der Waals surface area contributed by atoms with Crippen LogP contribution in [0.25, 0.3) is 11.3 Å². The molecule has 0 spiro atoms. The van der Waals surface area contributed by atoms with E-state index in [9.17, 15) is 4.79 Å². The Bertz CT molecular complexity index is 1010. The maximum Gasteiger partial charge on any atom is 0.257 e. The molecule has 1 N–H and O–H groups in total. The summed E-state index contributed by atoms with van der Waals surface area (Å²) in [5, 5.41) is 10.4. The van der Waals surface area contributed by atoms with E-state index in [1.54, 1.807) is 25.3 Å². The summed E-state index contributed by atoms with van der Waals surface area (Å²) in [6.45, 7) is 1.91. The summed E-state index contributed by atoms with van der Waals surface area (Å²) in [6.07, 6.45) is 0. The number of benzene rings is 2. The van der Waals surface area contributed by atoms with Gasteiger partial charge in [0.2, 0.25) is 11.6 Å². The Labute approximate surface area is 167 Å². The number of hydrogen-bond acceptors (Lipinski definition) is 8. The van der Waals surface area contributed by atoms with Crippen molar-refractivity contribution in [2.24, 2.45) is 0 Å². The number of nitrogens with zero attached hydrogens (tertiary/aromatic N) is 2. The summed E-state index contributed by atoms with van der Waals surface area (Å²) in [7, 11) is 6.04. The van der Waals surface area contributed by atoms with Crippen molar-refractivity contribution in [2.45, 2.75) is 6.92 Å². The van der Waals surface area contributed by atoms with Gasteiger partial charge in [-0.2, -0.15) is 0 Å². The summed E-state index contributed by atoms with van der Waals surface area (Å²) in [5.74, 6) is 1.61. The number of aromatic nitrogens is 2. The number of anilines is 1. The minimum absolute atomic E-state index is 0.188. The van der Waals surface area contributed by atoms with Crippen LogP contribution in [-0.4, -0.2) is 44.7 Å². The number of aryl methyl sites for hydroxylation is 1. The number of methoxy groups -OCH3 is 4. The molecule has 0 saturated heterocycles. The average molecular weight is 399 g/mol. The van der Waals surface area contributed by atoms with Crippen LogP contribution in [0.2, 0.25) is 0 Å². The second kappa shape index (κ2) is 8.51. The Kier molecular flexibility index (Phi) is 5.87. The molecule has 29 heavy (non-hydrogen) atoms. The van der Waals surface area contributed by atoms with Gasteiger partial charge in [0.25, 0.3) is 5.91 Å². The van der Waals surface area contributed by atoms with Crippen LogP contribution >= 0.6 is 0 Å². The zero-order chi connectivity index (χ0) is 21.0. The molecule has 1 heterocycles. The summed E-state index contributed by atoms with van der Waals surface area (Å²) in [4.78, 5) is 12.8. The van der Waals surface area contributed by atoms with E-state index in [1.807, 2.05) is 19.1 Å². The fourth-order valence-corrected chi connectivity index (χ4v) is 2.88. The van der Waals surface area contributed by atoms with Crippen LogP contribution in [0, 0.1) is 6.92 Å². The molecule has 0 unspecified atom stereocenters. The number of amides is 1. The lowest BCUT2D eigenvalue weighted by Gasteiger charge is -2.13. The third-order valence-corrected chi connectivity index (χ3v) is 4.32. The Morgan fingerprint density at radius 3 is 2.10 bits per heavy atom. The zero-order valence-corrected chi connectivity index (χ0v) is 16.7. The van der Waals surface area contributed by atoms with Gasteiger partial charge in [-0.15, -0.1) is 0 Å². The van der Waals surface area contributed by atoms with Gasteiger partial charge in [0, 0.05) is 11.1 Å². The maximum absolute atomic E-state index is 12.8. The van der Waals surface area contributed by atoms with E-state index in [-0.39, 0.29) is 5.82 Å². The molecule has 0 atom stereocenters. The highest BCUT2D eigenvalue weighted by atomic mass is 16.6. The molecule has 9 heteroatoms. The molecular weight excluding hydrogens is 378 g/mol. The average Bonchev–Trinajstić information content (AvgIpc) is 3.20. The van der Waals surface area contributed by atoms with E-state index in [4.69, 9.17) is 23.6 Å². The van der Waals surface area contributed by atoms with E-state index in [1.165, 1.54) is 21.3 Å². The van der Waals surface area contributed by atoms with Crippen LogP contribution in [0.4, 0.5) is 5.82 Å². The quantitative estimate of drug-likeness (QED) is 0.645. The van der Waals surface area contributed by atoms with Crippen molar-refractivity contribution >= 4 is 11.7 Å². The monoisotopic (exact) mass is 399 g/mol. The van der Waals surface area contributed by atoms with Crippen molar-refractivity contribution in [1.29, 1.82) is 0 Å². The molecule has 152 valence electrons. The summed E-state index contributed by atoms with van der Waals surface area (Å²) in [5.41, 5.74) is 2.33. The van der Waals surface area contributed by atoms with Gasteiger partial charge in [0.1, 0.15) is 5.75 Å². The van der Waals surface area contributed by atoms with Gasteiger partial charge in [0.15, 0.2) is 17.2 Å². The zero-order valence-electron chi connectivity index (χ0n) is 16.7. The molecule has 3 rings (SSSR count). The van der Waals surface area contributed by atoms with Crippen LogP contribution < -0.4 is 24.3 Å². The predicted molar refractivity (Wildman–Crippen MR) is 105 cm³/mol. The highest BCUT2D eigenvalue weighted by Crippen LogP contribution is 2.38. The molecule has 0 radical (unpaired) electrons. The van der Waals surface area contributed by atoms with E-state index < -0.39 is 5.91 Å². The second-order valence-electron chi connectivity index (χ2n) is 6.01. The van der Waals surface area contributed by atoms with Gasteiger partial charge >= 0.3 is 0 Å². The standard InChI is InChI=1S/C20H21N3O6/c1-11-8-12(6-7-14(11)25-2)17-19(23-29-22-17)21-20(24)13-9-15(26-3)18(28-5)16(10-13)27-4/h6-10H,1-5H3,(H,21,23,24). The van der Waals surface area contributed by atoms with Gasteiger partial charge in [0.05, 0.1) is 28.4 Å².